The fourth-order valence-corrected chi connectivity index (χ4v) is 2.96. The molecule has 1 aliphatic carbocycles. The molecule has 0 unspecified atom stereocenters. The van der Waals surface area contributed by atoms with E-state index in [-0.39, 0.29) is 5.78 Å². The lowest BCUT2D eigenvalue weighted by molar-refractivity contribution is 0.0984. The molecule has 0 heterocycles. The molecule has 22 heavy (non-hydrogen) atoms. The van der Waals surface area contributed by atoms with Gasteiger partial charge in [-0.3, -0.25) is 4.79 Å². The first-order valence-electron chi connectivity index (χ1n) is 7.15. The Hall–Kier alpha value is -2.49. The number of ether oxygens (including phenoxy) is 3. The molecule has 0 amide bonds. The number of hydrogen-bond acceptors (Lipinski definition) is 4. The van der Waals surface area contributed by atoms with Gasteiger partial charge in [0, 0.05) is 17.5 Å². The number of fused-ring (bicyclic) bond motifs is 3. The van der Waals surface area contributed by atoms with Crippen LogP contribution in [0.5, 0.6) is 17.2 Å². The average molecular weight is 298 g/mol. The van der Waals surface area contributed by atoms with Crippen molar-refractivity contribution in [3.8, 4) is 28.4 Å². The highest BCUT2D eigenvalue weighted by molar-refractivity contribution is 6.06. The minimum Gasteiger partial charge on any atom is -0.497 e. The van der Waals surface area contributed by atoms with Crippen molar-refractivity contribution in [1.29, 1.82) is 0 Å². The summed E-state index contributed by atoms with van der Waals surface area (Å²) in [4.78, 5) is 12.5. The van der Waals surface area contributed by atoms with Crippen LogP contribution in [0.15, 0.2) is 30.3 Å². The van der Waals surface area contributed by atoms with Crippen molar-refractivity contribution in [3.63, 3.8) is 0 Å². The average Bonchev–Trinajstić information content (AvgIpc) is 2.70. The molecule has 0 bridgehead atoms. The Kier molecular flexibility index (Phi) is 3.75. The van der Waals surface area contributed by atoms with Crippen LogP contribution in [0.2, 0.25) is 0 Å². The molecular formula is C18H18O4. The maximum atomic E-state index is 12.5. The van der Waals surface area contributed by atoms with E-state index in [0.717, 1.165) is 22.4 Å². The number of carbonyl (C=O) groups excluding carboxylic acids is 1. The van der Waals surface area contributed by atoms with Crippen LogP contribution in [0.1, 0.15) is 22.3 Å². The smallest absolute Gasteiger partial charge is 0.169 e. The van der Waals surface area contributed by atoms with Gasteiger partial charge in [0.05, 0.1) is 21.3 Å². The second-order valence-electron chi connectivity index (χ2n) is 5.17. The van der Waals surface area contributed by atoms with Gasteiger partial charge in [-0.25, -0.2) is 0 Å². The number of aryl methyl sites for hydroxylation is 1. The first-order chi connectivity index (χ1) is 10.7. The maximum Gasteiger partial charge on any atom is 0.169 e. The Labute approximate surface area is 129 Å². The Morgan fingerprint density at radius 3 is 2.32 bits per heavy atom. The molecule has 0 spiro atoms. The summed E-state index contributed by atoms with van der Waals surface area (Å²) in [5, 5.41) is 0. The van der Waals surface area contributed by atoms with Crippen LogP contribution in [0.4, 0.5) is 0 Å². The van der Waals surface area contributed by atoms with Crippen LogP contribution in [-0.2, 0) is 6.42 Å². The lowest BCUT2D eigenvalue weighted by atomic mass is 9.95. The highest BCUT2D eigenvalue weighted by Crippen LogP contribution is 2.44. The molecule has 0 saturated heterocycles. The number of ketones is 1. The Morgan fingerprint density at radius 2 is 1.64 bits per heavy atom. The first-order valence-corrected chi connectivity index (χ1v) is 7.15. The zero-order chi connectivity index (χ0) is 15.7. The molecular weight excluding hydrogens is 280 g/mol. The lowest BCUT2D eigenvalue weighted by Gasteiger charge is -2.16. The summed E-state index contributed by atoms with van der Waals surface area (Å²) in [5.41, 5.74) is 3.57. The number of Topliss-reactive ketones (excluding diaryl/α,β-unsaturated/α-hetero) is 1. The monoisotopic (exact) mass is 298 g/mol. The molecule has 0 N–H and O–H groups in total. The first kappa shape index (κ1) is 14.4. The van der Waals surface area contributed by atoms with Gasteiger partial charge in [0.1, 0.15) is 5.75 Å². The zero-order valence-electron chi connectivity index (χ0n) is 12.9. The minimum atomic E-state index is 0.117. The summed E-state index contributed by atoms with van der Waals surface area (Å²) in [6.45, 7) is 0. The SMILES string of the molecule is COc1ccc2c(c1)CCC(=O)c1ccc(OC)c(OC)c1-2. The van der Waals surface area contributed by atoms with E-state index in [1.807, 2.05) is 24.3 Å². The predicted octanol–water partition coefficient (Wildman–Crippen LogP) is 3.51. The van der Waals surface area contributed by atoms with Gasteiger partial charge >= 0.3 is 0 Å². The van der Waals surface area contributed by atoms with E-state index >= 15 is 0 Å². The highest BCUT2D eigenvalue weighted by Gasteiger charge is 2.26. The third-order valence-electron chi connectivity index (χ3n) is 4.05. The fraction of sp³-hybridized carbons (Fsp3) is 0.278. The van der Waals surface area contributed by atoms with Crippen molar-refractivity contribution >= 4 is 5.78 Å². The van der Waals surface area contributed by atoms with Crippen LogP contribution in [0, 0.1) is 0 Å². The van der Waals surface area contributed by atoms with Gasteiger partial charge in [-0.1, -0.05) is 6.07 Å². The molecule has 0 aliphatic heterocycles. The number of carbonyl (C=O) groups is 1. The van der Waals surface area contributed by atoms with Gasteiger partial charge in [0.2, 0.25) is 0 Å². The molecule has 2 aromatic carbocycles. The second kappa shape index (κ2) is 5.72. The van der Waals surface area contributed by atoms with Crippen molar-refractivity contribution in [2.45, 2.75) is 12.8 Å². The second-order valence-corrected chi connectivity index (χ2v) is 5.17. The van der Waals surface area contributed by atoms with E-state index in [9.17, 15) is 4.79 Å². The summed E-state index contributed by atoms with van der Waals surface area (Å²) in [6.07, 6.45) is 1.16. The molecule has 0 aromatic heterocycles. The van der Waals surface area contributed by atoms with E-state index in [1.165, 1.54) is 0 Å². The molecule has 0 radical (unpaired) electrons. The van der Waals surface area contributed by atoms with Crippen molar-refractivity contribution in [3.05, 3.63) is 41.5 Å². The number of rotatable bonds is 3. The molecule has 114 valence electrons. The largest absolute Gasteiger partial charge is 0.497 e. The minimum absolute atomic E-state index is 0.117. The van der Waals surface area contributed by atoms with Crippen molar-refractivity contribution in [2.24, 2.45) is 0 Å². The molecule has 1 aliphatic rings. The van der Waals surface area contributed by atoms with Crippen molar-refractivity contribution < 1.29 is 19.0 Å². The van der Waals surface area contributed by atoms with E-state index in [2.05, 4.69) is 0 Å². The molecule has 3 rings (SSSR count). The molecule has 0 fully saturated rings. The Balaban J connectivity index is 2.33. The van der Waals surface area contributed by atoms with E-state index in [4.69, 9.17) is 14.2 Å². The topological polar surface area (TPSA) is 44.8 Å². The molecule has 0 saturated carbocycles. The van der Waals surface area contributed by atoms with Crippen molar-refractivity contribution in [2.75, 3.05) is 21.3 Å². The van der Waals surface area contributed by atoms with Crippen molar-refractivity contribution in [1.82, 2.24) is 0 Å². The number of methoxy groups -OCH3 is 3. The van der Waals surface area contributed by atoms with Gasteiger partial charge in [-0.2, -0.15) is 0 Å². The molecule has 2 aromatic rings. The molecule has 4 nitrogen and oxygen atoms in total. The Bertz CT molecular complexity index is 734. The molecule has 0 atom stereocenters. The normalized spacial score (nSPS) is 13.0. The molecule has 4 heteroatoms. The van der Waals surface area contributed by atoms with Crippen LogP contribution in [-0.4, -0.2) is 27.1 Å². The third-order valence-corrected chi connectivity index (χ3v) is 4.05. The van der Waals surface area contributed by atoms with Crippen LogP contribution < -0.4 is 14.2 Å². The third kappa shape index (κ3) is 2.21. The summed E-state index contributed by atoms with van der Waals surface area (Å²) in [7, 11) is 4.83. The van der Waals surface area contributed by atoms with Crippen LogP contribution >= 0.6 is 0 Å². The lowest BCUT2D eigenvalue weighted by Crippen LogP contribution is -2.02. The van der Waals surface area contributed by atoms with Crippen LogP contribution in [0.25, 0.3) is 11.1 Å². The van der Waals surface area contributed by atoms with E-state index < -0.39 is 0 Å². The van der Waals surface area contributed by atoms with Gasteiger partial charge < -0.3 is 14.2 Å². The van der Waals surface area contributed by atoms with E-state index in [0.29, 0.717) is 29.9 Å². The Morgan fingerprint density at radius 1 is 0.864 bits per heavy atom. The van der Waals surface area contributed by atoms with Gasteiger partial charge in [-0.15, -0.1) is 0 Å². The maximum absolute atomic E-state index is 12.5. The van der Waals surface area contributed by atoms with E-state index in [1.54, 1.807) is 27.4 Å². The van der Waals surface area contributed by atoms with Gasteiger partial charge in [0.15, 0.2) is 17.3 Å². The van der Waals surface area contributed by atoms with Gasteiger partial charge in [-0.05, 0) is 41.8 Å². The predicted molar refractivity (Wildman–Crippen MR) is 84.2 cm³/mol. The van der Waals surface area contributed by atoms with Crippen LogP contribution in [0.3, 0.4) is 0 Å². The summed E-state index contributed by atoms with van der Waals surface area (Å²) in [6, 6.07) is 9.46. The summed E-state index contributed by atoms with van der Waals surface area (Å²) < 4.78 is 16.2. The highest BCUT2D eigenvalue weighted by atomic mass is 16.5. The van der Waals surface area contributed by atoms with Gasteiger partial charge in [0.25, 0.3) is 0 Å². The summed E-state index contributed by atoms with van der Waals surface area (Å²) in [5.74, 6) is 2.13. The zero-order valence-corrected chi connectivity index (χ0v) is 12.9. The number of benzene rings is 2. The fourth-order valence-electron chi connectivity index (χ4n) is 2.96. The quantitative estimate of drug-likeness (QED) is 0.870. The summed E-state index contributed by atoms with van der Waals surface area (Å²) >= 11 is 0. The number of hydrogen-bond donors (Lipinski definition) is 0. The standard InChI is InChI=1S/C18H18O4/c1-20-12-5-6-13-11(10-12)4-8-15(19)14-7-9-16(21-2)18(22-3)17(13)14/h5-7,9-10H,4,8H2,1-3H3.